The normalized spacial score (nSPS) is 17.5. The van der Waals surface area contributed by atoms with Crippen molar-refractivity contribution in [3.8, 4) is 0 Å². The van der Waals surface area contributed by atoms with E-state index < -0.39 is 46.9 Å². The number of nitrogens with zero attached hydrogens (tertiary/aromatic N) is 4. The largest absolute Gasteiger partial charge is 0.448 e. The van der Waals surface area contributed by atoms with E-state index in [-0.39, 0.29) is 33.0 Å². The smallest absolute Gasteiger partial charge is 0.356 e. The minimum absolute atomic E-state index is 0.0290. The molecule has 252 valence electrons. The molecule has 18 heteroatoms. The number of nitrogens with one attached hydrogen (secondary N) is 1. The number of nitrogen functional groups attached to an aromatic ring is 1. The van der Waals surface area contributed by atoms with E-state index in [4.69, 9.17) is 27.8 Å². The van der Waals surface area contributed by atoms with Crippen LogP contribution >= 0.6 is 57.8 Å². The van der Waals surface area contributed by atoms with E-state index in [9.17, 15) is 24.4 Å². The second-order valence-electron chi connectivity index (χ2n) is 10.5. The minimum Gasteiger partial charge on any atom is -0.448 e. The van der Waals surface area contributed by atoms with Crippen molar-refractivity contribution in [1.29, 1.82) is 0 Å². The summed E-state index contributed by atoms with van der Waals surface area (Å²) in [6.45, 7) is 0. The fraction of sp³-hybridized carbons (Fsp3) is 0.194. The minimum atomic E-state index is -1.07. The highest BCUT2D eigenvalue weighted by molar-refractivity contribution is 8.07. The molecule has 0 aliphatic carbocycles. The first kappa shape index (κ1) is 34.4. The number of primary amides is 1. The number of aromatic nitrogens is 2. The number of hydrogen-bond donors (Lipinski definition) is 4. The summed E-state index contributed by atoms with van der Waals surface area (Å²) in [6, 6.07) is 17.4. The quantitative estimate of drug-likeness (QED) is 0.0531. The molecule has 2 aliphatic rings. The predicted octanol–water partition coefficient (Wildman–Crippen LogP) is 4.17. The number of halogens is 1. The Morgan fingerprint density at radius 1 is 1.12 bits per heavy atom. The van der Waals surface area contributed by atoms with Crippen LogP contribution in [0.1, 0.15) is 35.0 Å². The molecule has 49 heavy (non-hydrogen) atoms. The molecule has 2 aliphatic heterocycles. The Morgan fingerprint density at radius 3 is 2.39 bits per heavy atom. The molecule has 1 fully saturated rings. The summed E-state index contributed by atoms with van der Waals surface area (Å²) in [5.41, 5.74) is 12.5. The first-order valence-corrected chi connectivity index (χ1v) is 18.4. The Labute approximate surface area is 300 Å². The number of carbonyl (C=O) groups excluding carboxylic acids is 4. The van der Waals surface area contributed by atoms with Crippen molar-refractivity contribution in [2.24, 2.45) is 10.9 Å². The van der Waals surface area contributed by atoms with Gasteiger partial charge in [0.15, 0.2) is 21.3 Å². The molecule has 2 atom stereocenters. The van der Waals surface area contributed by atoms with E-state index in [2.05, 4.69) is 20.4 Å². The Balaban J connectivity index is 1.30. The second kappa shape index (κ2) is 15.0. The summed E-state index contributed by atoms with van der Waals surface area (Å²) in [5, 5.41) is 16.4. The molecule has 0 radical (unpaired) electrons. The molecule has 1 saturated heterocycles. The van der Waals surface area contributed by atoms with Crippen molar-refractivity contribution in [3.05, 3.63) is 103 Å². The van der Waals surface area contributed by atoms with Gasteiger partial charge in [0.1, 0.15) is 27.1 Å². The van der Waals surface area contributed by atoms with Crippen molar-refractivity contribution < 1.29 is 29.1 Å². The molecule has 4 heterocycles. The number of hydrogen-bond acceptors (Lipinski definition) is 14. The van der Waals surface area contributed by atoms with E-state index in [1.165, 1.54) is 39.8 Å². The number of oxime groups is 1. The number of β-lactam (4-membered cyclic amide) rings is 1. The molecule has 0 saturated carbocycles. The van der Waals surface area contributed by atoms with Crippen LogP contribution in [-0.2, 0) is 30.3 Å². The highest BCUT2D eigenvalue weighted by Gasteiger charge is 2.55. The Hall–Kier alpha value is -4.42. The van der Waals surface area contributed by atoms with Crippen LogP contribution in [0.3, 0.4) is 0 Å². The Bertz CT molecular complexity index is 1930. The first-order chi connectivity index (χ1) is 23.6. The third-order valence-electron chi connectivity index (χ3n) is 7.35. The van der Waals surface area contributed by atoms with E-state index >= 15 is 0 Å². The molecule has 4 aromatic rings. The molecular formula is C31H26ClN7O6S4. The maximum atomic E-state index is 14.2. The van der Waals surface area contributed by atoms with Gasteiger partial charge in [0.05, 0.1) is 5.69 Å². The van der Waals surface area contributed by atoms with Gasteiger partial charge in [0.2, 0.25) is 5.91 Å². The van der Waals surface area contributed by atoms with Gasteiger partial charge in [-0.25, -0.2) is 14.8 Å². The zero-order chi connectivity index (χ0) is 34.7. The Morgan fingerprint density at radius 2 is 1.80 bits per heavy atom. The molecule has 13 nitrogen and oxygen atoms in total. The van der Waals surface area contributed by atoms with Crippen LogP contribution in [0.25, 0.3) is 0 Å². The summed E-state index contributed by atoms with van der Waals surface area (Å²) >= 11 is 10.9. The number of rotatable bonds is 12. The summed E-state index contributed by atoms with van der Waals surface area (Å²) in [4.78, 5) is 62.8. The third kappa shape index (κ3) is 7.45. The van der Waals surface area contributed by atoms with Gasteiger partial charge in [0.25, 0.3) is 11.8 Å². The van der Waals surface area contributed by atoms with Crippen LogP contribution in [-0.4, -0.2) is 66.6 Å². The molecule has 0 unspecified atom stereocenters. The monoisotopic (exact) mass is 755 g/mol. The molecule has 0 spiro atoms. The van der Waals surface area contributed by atoms with Crippen molar-refractivity contribution in [2.75, 3.05) is 11.5 Å². The van der Waals surface area contributed by atoms with Crippen molar-refractivity contribution in [3.63, 3.8) is 0 Å². The topological polar surface area (TPSA) is 203 Å². The van der Waals surface area contributed by atoms with Crippen LogP contribution in [0, 0.1) is 0 Å². The lowest BCUT2D eigenvalue weighted by atomic mass is 10.0. The zero-order valence-corrected chi connectivity index (χ0v) is 29.2. The molecule has 3 amide bonds. The molecule has 0 bridgehead atoms. The lowest BCUT2D eigenvalue weighted by Crippen LogP contribution is -2.71. The van der Waals surface area contributed by atoms with Gasteiger partial charge in [0, 0.05) is 22.5 Å². The molecule has 2 aromatic carbocycles. The lowest BCUT2D eigenvalue weighted by molar-refractivity contribution is -0.154. The first-order valence-electron chi connectivity index (χ1n) is 14.5. The van der Waals surface area contributed by atoms with Crippen LogP contribution in [0.4, 0.5) is 5.13 Å². The fourth-order valence-electron chi connectivity index (χ4n) is 5.09. The lowest BCUT2D eigenvalue weighted by Gasteiger charge is -2.49. The number of nitrogens with two attached hydrogens (primary N) is 2. The third-order valence-corrected chi connectivity index (χ3v) is 12.0. The average molecular weight is 756 g/mol. The second-order valence-corrected chi connectivity index (χ2v) is 15.5. The fourth-order valence-corrected chi connectivity index (χ4v) is 9.52. The van der Waals surface area contributed by atoms with Gasteiger partial charge < -0.3 is 26.7 Å². The van der Waals surface area contributed by atoms with E-state index in [0.29, 0.717) is 21.4 Å². The molecule has 6 N–H and O–H groups in total. The van der Waals surface area contributed by atoms with Gasteiger partial charge in [-0.05, 0) is 17.5 Å². The summed E-state index contributed by atoms with van der Waals surface area (Å²) in [7, 11) is 0. The van der Waals surface area contributed by atoms with Gasteiger partial charge in [-0.2, -0.15) is 0 Å². The van der Waals surface area contributed by atoms with E-state index in [1.54, 1.807) is 0 Å². The highest BCUT2D eigenvalue weighted by atomic mass is 35.5. The van der Waals surface area contributed by atoms with Crippen LogP contribution in [0.15, 0.2) is 86.1 Å². The van der Waals surface area contributed by atoms with Crippen molar-refractivity contribution in [2.45, 2.75) is 34.7 Å². The number of thiazole rings is 2. The maximum absolute atomic E-state index is 14.2. The van der Waals surface area contributed by atoms with Gasteiger partial charge in [-0.15, -0.1) is 23.1 Å². The number of fused-ring (bicyclic) bond motifs is 1. The average Bonchev–Trinajstić information content (AvgIpc) is 3.70. The standard InChI is InChI=1S/C31H26ClN7O6S4/c32-25-20(37-30(34)49-25)21(38-44)26(41)36-22-27(42)39-23(18(14-46-28(22)39)48-31-35-17(13-47-31)11-12-19(33)40)29(43)45-24(15-7-3-1-4-8-15)16-9-5-2-6-10-16/h1-10,13,22,24,28,44H,11-12,14H2,(H2,33,40)(H2,34,37)(H,36,41)/b38-21-/t22-,28-/m1/s1. The SMILES string of the molecule is NC(=O)CCc1csc(SC2=C(C(=O)OC(c3ccccc3)c3ccccc3)N3C(=O)[C@@H](NC(=O)/C(=N\O)c4nc(N)sc4Cl)[C@H]3SC2)n1. The predicted molar refractivity (Wildman–Crippen MR) is 188 cm³/mol. The number of amides is 3. The van der Waals surface area contributed by atoms with E-state index in [1.807, 2.05) is 66.0 Å². The summed E-state index contributed by atoms with van der Waals surface area (Å²) < 4.78 is 6.83. The number of benzene rings is 2. The van der Waals surface area contributed by atoms with Crippen LogP contribution < -0.4 is 16.8 Å². The van der Waals surface area contributed by atoms with E-state index in [0.717, 1.165) is 22.5 Å². The maximum Gasteiger partial charge on any atom is 0.356 e. The number of anilines is 1. The molecule has 2 aromatic heterocycles. The molecule has 6 rings (SSSR count). The number of aryl methyl sites for hydroxylation is 1. The number of thioether (sulfide) groups is 2. The zero-order valence-electron chi connectivity index (χ0n) is 25.1. The molecular weight excluding hydrogens is 730 g/mol. The number of carbonyl (C=O) groups is 4. The highest BCUT2D eigenvalue weighted by Crippen LogP contribution is 2.46. The van der Waals surface area contributed by atoms with Gasteiger partial charge >= 0.3 is 5.97 Å². The summed E-state index contributed by atoms with van der Waals surface area (Å²) in [5.74, 6) is -2.38. The van der Waals surface area contributed by atoms with Crippen LogP contribution in [0.2, 0.25) is 4.34 Å². The number of esters is 1. The number of ether oxygens (including phenoxy) is 1. The Kier molecular flexibility index (Phi) is 10.5. The van der Waals surface area contributed by atoms with Crippen molar-refractivity contribution >= 4 is 92.3 Å². The van der Waals surface area contributed by atoms with Gasteiger partial charge in [-0.3, -0.25) is 19.3 Å². The van der Waals surface area contributed by atoms with Crippen molar-refractivity contribution in [1.82, 2.24) is 20.2 Å². The summed E-state index contributed by atoms with van der Waals surface area (Å²) in [6.07, 6.45) is -0.268. The van der Waals surface area contributed by atoms with Gasteiger partial charge in [-0.1, -0.05) is 101 Å². The van der Waals surface area contributed by atoms with Crippen LogP contribution in [0.5, 0.6) is 0 Å².